The molecule has 0 aliphatic carbocycles. The van der Waals surface area contributed by atoms with Crippen LogP contribution < -0.4 is 10.1 Å². The van der Waals surface area contributed by atoms with E-state index < -0.39 is 5.97 Å². The van der Waals surface area contributed by atoms with Gasteiger partial charge in [0.1, 0.15) is 33.1 Å². The third kappa shape index (κ3) is 3.99. The summed E-state index contributed by atoms with van der Waals surface area (Å²) in [6.45, 7) is 5.84. The van der Waals surface area contributed by atoms with E-state index in [4.69, 9.17) is 9.47 Å². The maximum absolute atomic E-state index is 11.5. The van der Waals surface area contributed by atoms with Gasteiger partial charge in [-0.25, -0.2) is 19.7 Å². The van der Waals surface area contributed by atoms with Gasteiger partial charge in [0.25, 0.3) is 0 Å². The molecule has 0 saturated heterocycles. The molecule has 0 spiro atoms. The largest absolute Gasteiger partial charge is 0.477 e. The number of carboxylic acids is 1. The van der Waals surface area contributed by atoms with Gasteiger partial charge in [-0.1, -0.05) is 0 Å². The van der Waals surface area contributed by atoms with E-state index in [2.05, 4.69) is 20.3 Å². The first-order chi connectivity index (χ1) is 12.9. The summed E-state index contributed by atoms with van der Waals surface area (Å²) in [4.78, 5) is 25.5. The molecule has 3 aromatic rings. The molecule has 1 atom stereocenters. The van der Waals surface area contributed by atoms with Crippen LogP contribution >= 0.6 is 11.3 Å². The van der Waals surface area contributed by atoms with Crippen molar-refractivity contribution >= 4 is 39.0 Å². The fourth-order valence-corrected chi connectivity index (χ4v) is 3.77. The standard InChI is InChI=1S/C18H20N4O4S/c1-9(8-25-4)26-16-12(6-5-7-19-16)22-15-13-10(2)14(18(23)24)27-17(13)21-11(3)20-15/h5-7,9H,8H2,1-4H3,(H,23,24)(H,20,21,22). The minimum absolute atomic E-state index is 0.181. The second-order valence-electron chi connectivity index (χ2n) is 6.03. The molecule has 0 aliphatic rings. The molecule has 0 fully saturated rings. The highest BCUT2D eigenvalue weighted by molar-refractivity contribution is 7.20. The summed E-state index contributed by atoms with van der Waals surface area (Å²) in [5, 5.41) is 13.3. The van der Waals surface area contributed by atoms with Crippen LogP contribution in [0, 0.1) is 13.8 Å². The molecule has 0 aromatic carbocycles. The van der Waals surface area contributed by atoms with E-state index in [-0.39, 0.29) is 11.0 Å². The lowest BCUT2D eigenvalue weighted by molar-refractivity contribution is 0.0701. The molecule has 142 valence electrons. The van der Waals surface area contributed by atoms with E-state index in [9.17, 15) is 9.90 Å². The van der Waals surface area contributed by atoms with Crippen molar-refractivity contribution in [1.82, 2.24) is 15.0 Å². The van der Waals surface area contributed by atoms with E-state index in [0.717, 1.165) is 11.3 Å². The van der Waals surface area contributed by atoms with Crippen molar-refractivity contribution < 1.29 is 19.4 Å². The molecule has 1 unspecified atom stereocenters. The lowest BCUT2D eigenvalue weighted by atomic mass is 10.2. The maximum atomic E-state index is 11.5. The monoisotopic (exact) mass is 388 g/mol. The van der Waals surface area contributed by atoms with Gasteiger partial charge in [-0.15, -0.1) is 11.3 Å². The normalized spacial score (nSPS) is 12.1. The fraction of sp³-hybridized carbons (Fsp3) is 0.333. The van der Waals surface area contributed by atoms with Gasteiger partial charge in [0, 0.05) is 13.3 Å². The number of aromatic carboxylic acids is 1. The first-order valence-corrected chi connectivity index (χ1v) is 9.11. The average molecular weight is 388 g/mol. The third-order valence-electron chi connectivity index (χ3n) is 3.83. The summed E-state index contributed by atoms with van der Waals surface area (Å²) in [5.74, 6) is 0.508. The molecule has 9 heteroatoms. The molecule has 2 N–H and O–H groups in total. The molecular weight excluding hydrogens is 368 g/mol. The first-order valence-electron chi connectivity index (χ1n) is 8.29. The molecule has 0 radical (unpaired) electrons. The Bertz CT molecular complexity index is 989. The molecular formula is C18H20N4O4S. The van der Waals surface area contributed by atoms with Crippen molar-refractivity contribution in [3.63, 3.8) is 0 Å². The van der Waals surface area contributed by atoms with Crippen molar-refractivity contribution in [3.8, 4) is 5.88 Å². The van der Waals surface area contributed by atoms with Gasteiger partial charge in [0.2, 0.25) is 5.88 Å². The van der Waals surface area contributed by atoms with Crippen molar-refractivity contribution in [2.75, 3.05) is 19.0 Å². The number of pyridine rings is 1. The van der Waals surface area contributed by atoms with Crippen LogP contribution in [0.15, 0.2) is 18.3 Å². The van der Waals surface area contributed by atoms with Crippen LogP contribution in [0.25, 0.3) is 10.2 Å². The Kier molecular flexibility index (Phi) is 5.52. The van der Waals surface area contributed by atoms with Crippen LogP contribution in [0.4, 0.5) is 11.5 Å². The lowest BCUT2D eigenvalue weighted by Crippen LogP contribution is -2.19. The number of carboxylic acid groups (broad SMARTS) is 1. The molecule has 0 aliphatic heterocycles. The van der Waals surface area contributed by atoms with Crippen molar-refractivity contribution in [1.29, 1.82) is 0 Å². The lowest BCUT2D eigenvalue weighted by Gasteiger charge is -2.16. The SMILES string of the molecule is COCC(C)Oc1ncccc1Nc1nc(C)nc2sc(C(=O)O)c(C)c12. The summed E-state index contributed by atoms with van der Waals surface area (Å²) in [7, 11) is 1.61. The number of anilines is 2. The Morgan fingerprint density at radius 2 is 2.15 bits per heavy atom. The molecule has 27 heavy (non-hydrogen) atoms. The quantitative estimate of drug-likeness (QED) is 0.633. The number of methoxy groups -OCH3 is 1. The number of aromatic nitrogens is 3. The van der Waals surface area contributed by atoms with Crippen LogP contribution in [-0.4, -0.2) is 45.8 Å². The molecule has 3 aromatic heterocycles. The van der Waals surface area contributed by atoms with Gasteiger partial charge >= 0.3 is 5.97 Å². The molecule has 3 heterocycles. The zero-order valence-electron chi connectivity index (χ0n) is 15.4. The van der Waals surface area contributed by atoms with Crippen LogP contribution in [0.2, 0.25) is 0 Å². The summed E-state index contributed by atoms with van der Waals surface area (Å²) in [5.41, 5.74) is 1.26. The second kappa shape index (κ2) is 7.85. The van der Waals surface area contributed by atoms with Crippen molar-refractivity contribution in [2.24, 2.45) is 0 Å². The predicted octanol–water partition coefficient (Wildman–Crippen LogP) is 3.56. The highest BCUT2D eigenvalue weighted by Crippen LogP contribution is 2.36. The minimum atomic E-state index is -0.974. The van der Waals surface area contributed by atoms with Crippen molar-refractivity contribution in [3.05, 3.63) is 34.6 Å². The Morgan fingerprint density at radius 3 is 2.85 bits per heavy atom. The Labute approximate surface area is 160 Å². The first kappa shape index (κ1) is 19.0. The molecule has 0 amide bonds. The highest BCUT2D eigenvalue weighted by Gasteiger charge is 2.20. The van der Waals surface area contributed by atoms with Gasteiger partial charge in [-0.05, 0) is 38.5 Å². The second-order valence-corrected chi connectivity index (χ2v) is 7.02. The number of thiophene rings is 1. The average Bonchev–Trinajstić information content (AvgIpc) is 2.93. The number of nitrogens with zero attached hydrogens (tertiary/aromatic N) is 3. The van der Waals surface area contributed by atoms with Gasteiger partial charge < -0.3 is 19.9 Å². The number of hydrogen-bond acceptors (Lipinski definition) is 8. The molecule has 8 nitrogen and oxygen atoms in total. The highest BCUT2D eigenvalue weighted by atomic mass is 32.1. The van der Waals surface area contributed by atoms with Crippen LogP contribution in [0.5, 0.6) is 5.88 Å². The van der Waals surface area contributed by atoms with E-state index >= 15 is 0 Å². The van der Waals surface area contributed by atoms with E-state index in [0.29, 0.717) is 45.6 Å². The predicted molar refractivity (Wildman–Crippen MR) is 103 cm³/mol. The number of hydrogen-bond donors (Lipinski definition) is 2. The van der Waals surface area contributed by atoms with Gasteiger partial charge in [-0.2, -0.15) is 0 Å². The molecule has 0 bridgehead atoms. The number of aryl methyl sites for hydroxylation is 2. The van der Waals surface area contributed by atoms with E-state index in [1.54, 1.807) is 33.2 Å². The van der Waals surface area contributed by atoms with Crippen LogP contribution in [0.3, 0.4) is 0 Å². The minimum Gasteiger partial charge on any atom is -0.477 e. The van der Waals surface area contributed by atoms with E-state index in [1.165, 1.54) is 0 Å². The van der Waals surface area contributed by atoms with E-state index in [1.807, 2.05) is 13.0 Å². The summed E-state index contributed by atoms with van der Waals surface area (Å²) >= 11 is 1.14. The van der Waals surface area contributed by atoms with Gasteiger partial charge in [-0.3, -0.25) is 0 Å². The molecule has 0 saturated carbocycles. The summed E-state index contributed by atoms with van der Waals surface area (Å²) in [6.07, 6.45) is 1.46. The maximum Gasteiger partial charge on any atom is 0.346 e. The van der Waals surface area contributed by atoms with Crippen LogP contribution in [-0.2, 0) is 4.74 Å². The van der Waals surface area contributed by atoms with Gasteiger partial charge in [0.05, 0.1) is 12.0 Å². The number of rotatable bonds is 7. The van der Waals surface area contributed by atoms with Crippen LogP contribution in [0.1, 0.15) is 28.0 Å². The smallest absolute Gasteiger partial charge is 0.346 e. The zero-order chi connectivity index (χ0) is 19.6. The van der Waals surface area contributed by atoms with Crippen molar-refractivity contribution in [2.45, 2.75) is 26.9 Å². The Balaban J connectivity index is 2.04. The Hall–Kier alpha value is -2.78. The Morgan fingerprint density at radius 1 is 1.37 bits per heavy atom. The zero-order valence-corrected chi connectivity index (χ0v) is 16.3. The number of carbonyl (C=O) groups is 1. The summed E-state index contributed by atoms with van der Waals surface area (Å²) in [6, 6.07) is 3.61. The number of fused-ring (bicyclic) bond motifs is 1. The summed E-state index contributed by atoms with van der Waals surface area (Å²) < 4.78 is 10.9. The topological polar surface area (TPSA) is 106 Å². The van der Waals surface area contributed by atoms with Gasteiger partial charge in [0.15, 0.2) is 0 Å². The third-order valence-corrected chi connectivity index (χ3v) is 5.01. The number of nitrogens with one attached hydrogen (secondary N) is 1. The number of ether oxygens (including phenoxy) is 2. The molecule has 3 rings (SSSR count). The fourth-order valence-electron chi connectivity index (χ4n) is 2.71.